The topological polar surface area (TPSA) is 47.7 Å². The Kier molecular flexibility index (Phi) is 5.16. The molecule has 2 saturated heterocycles. The van der Waals surface area contributed by atoms with Crippen molar-refractivity contribution < 1.29 is 14.0 Å². The van der Waals surface area contributed by atoms with E-state index in [1.807, 2.05) is 13.8 Å². The molecule has 3 fully saturated rings. The smallest absolute Gasteiger partial charge is 0.138 e. The Bertz CT molecular complexity index is 564. The number of ether oxygens (including phenoxy) is 2. The van der Waals surface area contributed by atoms with Crippen molar-refractivity contribution in [2.45, 2.75) is 65.0 Å². The second-order valence-corrected chi connectivity index (χ2v) is 8.44. The summed E-state index contributed by atoms with van der Waals surface area (Å²) in [7, 11) is 0. The van der Waals surface area contributed by atoms with Crippen LogP contribution in [0, 0.1) is 25.2 Å². The van der Waals surface area contributed by atoms with Gasteiger partial charge >= 0.3 is 0 Å². The van der Waals surface area contributed by atoms with E-state index >= 15 is 0 Å². The summed E-state index contributed by atoms with van der Waals surface area (Å²) in [5, 5.41) is 4.11. The van der Waals surface area contributed by atoms with Crippen LogP contribution in [0.5, 0.6) is 0 Å². The third-order valence-corrected chi connectivity index (χ3v) is 6.60. The lowest BCUT2D eigenvalue weighted by Gasteiger charge is -2.50. The Labute approximate surface area is 151 Å². The Balaban J connectivity index is 1.41. The Hall–Kier alpha value is -0.910. The maximum absolute atomic E-state index is 6.23. The molecule has 140 valence electrons. The van der Waals surface area contributed by atoms with Gasteiger partial charge in [0, 0.05) is 43.8 Å². The molecule has 0 unspecified atom stereocenters. The van der Waals surface area contributed by atoms with Crippen LogP contribution in [0.25, 0.3) is 0 Å². The van der Waals surface area contributed by atoms with E-state index in [0.29, 0.717) is 6.10 Å². The SMILES string of the molecule is Cc1noc(C)c1CN1CC[C@@H]2OCCC[C@]2(COCC2CCC2)C1. The van der Waals surface area contributed by atoms with Crippen LogP contribution in [0.3, 0.4) is 0 Å². The fourth-order valence-corrected chi connectivity index (χ4v) is 4.77. The van der Waals surface area contributed by atoms with Gasteiger partial charge in [-0.1, -0.05) is 11.6 Å². The molecule has 0 amide bonds. The molecule has 0 N–H and O–H groups in total. The standard InChI is InChI=1S/C20H32N2O3/c1-15-18(16(2)25-21-15)11-22-9-7-19-20(13-22,8-4-10-24-19)14-23-12-17-5-3-6-17/h17,19H,3-14H2,1-2H3/t19-,20+/m0/s1. The van der Waals surface area contributed by atoms with Gasteiger partial charge in [0.2, 0.25) is 0 Å². The molecule has 2 atom stereocenters. The number of hydrogen-bond donors (Lipinski definition) is 0. The maximum atomic E-state index is 6.23. The van der Waals surface area contributed by atoms with Crippen LogP contribution >= 0.6 is 0 Å². The predicted molar refractivity (Wildman–Crippen MR) is 95.4 cm³/mol. The summed E-state index contributed by atoms with van der Waals surface area (Å²) in [6.45, 7) is 9.84. The van der Waals surface area contributed by atoms with Gasteiger partial charge in [-0.05, 0) is 51.9 Å². The highest BCUT2D eigenvalue weighted by Gasteiger charge is 2.46. The molecular formula is C20H32N2O3. The van der Waals surface area contributed by atoms with Crippen molar-refractivity contribution in [3.05, 3.63) is 17.0 Å². The normalized spacial score (nSPS) is 30.9. The lowest BCUT2D eigenvalue weighted by molar-refractivity contribution is -0.157. The molecule has 4 rings (SSSR count). The van der Waals surface area contributed by atoms with Crippen molar-refractivity contribution >= 4 is 0 Å². The minimum Gasteiger partial charge on any atom is -0.380 e. The van der Waals surface area contributed by atoms with E-state index in [2.05, 4.69) is 10.1 Å². The molecule has 0 spiro atoms. The molecule has 5 heteroatoms. The van der Waals surface area contributed by atoms with E-state index in [1.54, 1.807) is 0 Å². The van der Waals surface area contributed by atoms with Gasteiger partial charge in [0.15, 0.2) is 0 Å². The van der Waals surface area contributed by atoms with E-state index in [9.17, 15) is 0 Å². The second-order valence-electron chi connectivity index (χ2n) is 8.44. The fraction of sp³-hybridized carbons (Fsp3) is 0.850. The minimum atomic E-state index is 0.166. The molecule has 1 saturated carbocycles. The van der Waals surface area contributed by atoms with E-state index in [4.69, 9.17) is 14.0 Å². The summed E-state index contributed by atoms with van der Waals surface area (Å²) in [5.41, 5.74) is 2.44. The predicted octanol–water partition coefficient (Wildman–Crippen LogP) is 3.48. The zero-order valence-electron chi connectivity index (χ0n) is 15.8. The summed E-state index contributed by atoms with van der Waals surface area (Å²) in [6, 6.07) is 0. The zero-order chi connectivity index (χ0) is 17.3. The van der Waals surface area contributed by atoms with Crippen molar-refractivity contribution in [1.29, 1.82) is 0 Å². The van der Waals surface area contributed by atoms with Gasteiger partial charge in [-0.3, -0.25) is 4.90 Å². The average molecular weight is 348 g/mol. The van der Waals surface area contributed by atoms with Gasteiger partial charge in [0.05, 0.1) is 18.4 Å². The molecule has 1 aromatic heterocycles. The molecule has 1 aromatic rings. The van der Waals surface area contributed by atoms with Crippen molar-refractivity contribution in [1.82, 2.24) is 10.1 Å². The van der Waals surface area contributed by atoms with Crippen molar-refractivity contribution in [3.63, 3.8) is 0 Å². The van der Waals surface area contributed by atoms with E-state index < -0.39 is 0 Å². The average Bonchev–Trinajstić information content (AvgIpc) is 2.89. The van der Waals surface area contributed by atoms with E-state index in [1.165, 1.54) is 31.2 Å². The van der Waals surface area contributed by atoms with Gasteiger partial charge < -0.3 is 14.0 Å². The van der Waals surface area contributed by atoms with Gasteiger partial charge in [0.25, 0.3) is 0 Å². The van der Waals surface area contributed by atoms with Gasteiger partial charge in [-0.25, -0.2) is 0 Å². The van der Waals surface area contributed by atoms with Gasteiger partial charge in [-0.2, -0.15) is 0 Å². The minimum absolute atomic E-state index is 0.166. The number of rotatable bonds is 6. The van der Waals surface area contributed by atoms with E-state index in [-0.39, 0.29) is 5.41 Å². The molecule has 0 bridgehead atoms. The molecule has 3 aliphatic rings. The van der Waals surface area contributed by atoms with Crippen LogP contribution < -0.4 is 0 Å². The second kappa shape index (κ2) is 7.37. The number of likely N-dealkylation sites (tertiary alicyclic amines) is 1. The monoisotopic (exact) mass is 348 g/mol. The molecule has 5 nitrogen and oxygen atoms in total. The van der Waals surface area contributed by atoms with Crippen LogP contribution in [0.1, 0.15) is 55.5 Å². The number of piperidine rings is 1. The Morgan fingerprint density at radius 2 is 2.12 bits per heavy atom. The fourth-order valence-electron chi connectivity index (χ4n) is 4.77. The van der Waals surface area contributed by atoms with Crippen LogP contribution in [0.4, 0.5) is 0 Å². The highest BCUT2D eigenvalue weighted by molar-refractivity contribution is 5.20. The number of hydrogen-bond acceptors (Lipinski definition) is 5. The third kappa shape index (κ3) is 3.64. The summed E-state index contributed by atoms with van der Waals surface area (Å²) >= 11 is 0. The molecule has 0 radical (unpaired) electrons. The first kappa shape index (κ1) is 17.5. The van der Waals surface area contributed by atoms with Crippen molar-refractivity contribution in [2.75, 3.05) is 32.9 Å². The third-order valence-electron chi connectivity index (χ3n) is 6.60. The molecule has 25 heavy (non-hydrogen) atoms. The van der Waals surface area contributed by atoms with Crippen LogP contribution in [0.2, 0.25) is 0 Å². The molecular weight excluding hydrogens is 316 g/mol. The number of aryl methyl sites for hydroxylation is 2. The number of fused-ring (bicyclic) bond motifs is 1. The molecule has 3 heterocycles. The summed E-state index contributed by atoms with van der Waals surface area (Å²) < 4.78 is 17.8. The highest BCUT2D eigenvalue weighted by atomic mass is 16.5. The highest BCUT2D eigenvalue weighted by Crippen LogP contribution is 2.41. The summed E-state index contributed by atoms with van der Waals surface area (Å²) in [6.07, 6.45) is 7.94. The van der Waals surface area contributed by atoms with Gasteiger partial charge in [-0.15, -0.1) is 0 Å². The van der Waals surface area contributed by atoms with Crippen LogP contribution in [0.15, 0.2) is 4.52 Å². The molecule has 0 aromatic carbocycles. The molecule has 1 aliphatic carbocycles. The van der Waals surface area contributed by atoms with Crippen molar-refractivity contribution in [2.24, 2.45) is 11.3 Å². The maximum Gasteiger partial charge on any atom is 0.138 e. The van der Waals surface area contributed by atoms with Crippen molar-refractivity contribution in [3.8, 4) is 0 Å². The van der Waals surface area contributed by atoms with E-state index in [0.717, 1.165) is 69.7 Å². The first-order chi connectivity index (χ1) is 12.2. The van der Waals surface area contributed by atoms with Gasteiger partial charge in [0.1, 0.15) is 5.76 Å². The number of aromatic nitrogens is 1. The quantitative estimate of drug-likeness (QED) is 0.788. The molecule has 2 aliphatic heterocycles. The zero-order valence-corrected chi connectivity index (χ0v) is 15.8. The summed E-state index contributed by atoms with van der Waals surface area (Å²) in [4.78, 5) is 2.56. The summed E-state index contributed by atoms with van der Waals surface area (Å²) in [5.74, 6) is 1.76. The number of nitrogens with zero attached hydrogens (tertiary/aromatic N) is 2. The van der Waals surface area contributed by atoms with Crippen LogP contribution in [-0.4, -0.2) is 49.1 Å². The Morgan fingerprint density at radius 3 is 2.84 bits per heavy atom. The van der Waals surface area contributed by atoms with Crippen LogP contribution in [-0.2, 0) is 16.0 Å². The first-order valence-corrected chi connectivity index (χ1v) is 10.00. The largest absolute Gasteiger partial charge is 0.380 e. The lowest BCUT2D eigenvalue weighted by atomic mass is 9.73. The lowest BCUT2D eigenvalue weighted by Crippen LogP contribution is -2.56. The first-order valence-electron chi connectivity index (χ1n) is 10.00. The Morgan fingerprint density at radius 1 is 1.24 bits per heavy atom.